The van der Waals surface area contributed by atoms with Gasteiger partial charge in [-0.25, -0.2) is 0 Å². The molecule has 0 N–H and O–H groups in total. The number of hydrogen-bond donors (Lipinski definition) is 0. The fraction of sp³-hybridized carbons (Fsp3) is 0.615. The zero-order valence-corrected chi connectivity index (χ0v) is 11.0. The summed E-state index contributed by atoms with van der Waals surface area (Å²) in [6, 6.07) is 3.89. The molecule has 1 aromatic heterocycles. The van der Waals surface area contributed by atoms with Crippen LogP contribution in [0.25, 0.3) is 0 Å². The molecule has 5 heteroatoms. The Kier molecular flexibility index (Phi) is 4.12. The predicted octanol–water partition coefficient (Wildman–Crippen LogP) is 1.17. The summed E-state index contributed by atoms with van der Waals surface area (Å²) in [6.07, 6.45) is 4.46. The molecule has 0 spiro atoms. The first-order chi connectivity index (χ1) is 8.66. The van der Waals surface area contributed by atoms with Crippen LogP contribution in [-0.4, -0.2) is 48.2 Å². The number of aromatic nitrogens is 2. The molecule has 1 amide bonds. The molecule has 18 heavy (non-hydrogen) atoms. The molecule has 0 unspecified atom stereocenters. The highest BCUT2D eigenvalue weighted by Crippen LogP contribution is 2.23. The van der Waals surface area contributed by atoms with Crippen molar-refractivity contribution >= 4 is 11.7 Å². The van der Waals surface area contributed by atoms with Crippen LogP contribution in [0, 0.1) is 5.92 Å². The van der Waals surface area contributed by atoms with E-state index >= 15 is 0 Å². The molecule has 5 nitrogen and oxygen atoms in total. The van der Waals surface area contributed by atoms with Crippen LogP contribution < -0.4 is 4.90 Å². The van der Waals surface area contributed by atoms with Crippen molar-refractivity contribution in [1.82, 2.24) is 15.1 Å². The Bertz CT molecular complexity index is 385. The number of amides is 1. The van der Waals surface area contributed by atoms with Crippen molar-refractivity contribution in [2.75, 3.05) is 32.1 Å². The van der Waals surface area contributed by atoms with E-state index in [0.29, 0.717) is 12.3 Å². The van der Waals surface area contributed by atoms with Crippen LogP contribution in [0.3, 0.4) is 0 Å². The monoisotopic (exact) mass is 248 g/mol. The summed E-state index contributed by atoms with van der Waals surface area (Å²) in [5, 5.41) is 8.02. The first kappa shape index (κ1) is 12.8. The highest BCUT2D eigenvalue weighted by Gasteiger charge is 2.22. The lowest BCUT2D eigenvalue weighted by Crippen LogP contribution is -2.36. The normalized spacial score (nSPS) is 16.7. The van der Waals surface area contributed by atoms with Gasteiger partial charge in [-0.05, 0) is 30.9 Å². The first-order valence-electron chi connectivity index (χ1n) is 6.39. The van der Waals surface area contributed by atoms with Crippen molar-refractivity contribution < 1.29 is 4.79 Å². The number of anilines is 1. The Morgan fingerprint density at radius 2 is 2.17 bits per heavy atom. The zero-order valence-electron chi connectivity index (χ0n) is 11.0. The van der Waals surface area contributed by atoms with Crippen molar-refractivity contribution in [2.24, 2.45) is 5.92 Å². The van der Waals surface area contributed by atoms with E-state index in [1.165, 1.54) is 0 Å². The van der Waals surface area contributed by atoms with Gasteiger partial charge in [0, 0.05) is 39.8 Å². The van der Waals surface area contributed by atoms with Gasteiger partial charge in [-0.3, -0.25) is 4.79 Å². The SMILES string of the molecule is CN(C)C(=O)CC1CCN(c2cccnn2)CC1. The lowest BCUT2D eigenvalue weighted by Gasteiger charge is -2.32. The lowest BCUT2D eigenvalue weighted by molar-refractivity contribution is -0.129. The van der Waals surface area contributed by atoms with E-state index in [9.17, 15) is 4.79 Å². The molecule has 1 fully saturated rings. The highest BCUT2D eigenvalue weighted by atomic mass is 16.2. The summed E-state index contributed by atoms with van der Waals surface area (Å²) >= 11 is 0. The van der Waals surface area contributed by atoms with Gasteiger partial charge in [0.25, 0.3) is 0 Å². The van der Waals surface area contributed by atoms with Gasteiger partial charge in [-0.2, -0.15) is 5.10 Å². The smallest absolute Gasteiger partial charge is 0.222 e. The molecule has 1 aliphatic rings. The van der Waals surface area contributed by atoms with Gasteiger partial charge >= 0.3 is 0 Å². The number of carbonyl (C=O) groups is 1. The third-order valence-electron chi connectivity index (χ3n) is 3.46. The largest absolute Gasteiger partial charge is 0.355 e. The maximum absolute atomic E-state index is 11.7. The maximum Gasteiger partial charge on any atom is 0.222 e. The minimum Gasteiger partial charge on any atom is -0.355 e. The Labute approximate surface area is 108 Å². The van der Waals surface area contributed by atoms with E-state index < -0.39 is 0 Å². The zero-order chi connectivity index (χ0) is 13.0. The molecule has 2 heterocycles. The van der Waals surface area contributed by atoms with Crippen molar-refractivity contribution in [3.8, 4) is 0 Å². The van der Waals surface area contributed by atoms with Gasteiger partial charge in [0.15, 0.2) is 5.82 Å². The molecular formula is C13H20N4O. The van der Waals surface area contributed by atoms with E-state index in [-0.39, 0.29) is 5.91 Å². The number of rotatable bonds is 3. The van der Waals surface area contributed by atoms with Crippen LogP contribution in [0.2, 0.25) is 0 Å². The van der Waals surface area contributed by atoms with Gasteiger partial charge in [0.05, 0.1) is 0 Å². The summed E-state index contributed by atoms with van der Waals surface area (Å²) in [5.74, 6) is 1.68. The minimum absolute atomic E-state index is 0.230. The molecule has 0 aromatic carbocycles. The standard InChI is InChI=1S/C13H20N4O/c1-16(2)13(18)10-11-5-8-17(9-6-11)12-4-3-7-14-15-12/h3-4,7,11H,5-6,8-10H2,1-2H3. The van der Waals surface area contributed by atoms with Crippen LogP contribution in [0.1, 0.15) is 19.3 Å². The third-order valence-corrected chi connectivity index (χ3v) is 3.46. The second-order valence-corrected chi connectivity index (χ2v) is 5.00. The maximum atomic E-state index is 11.7. The van der Waals surface area contributed by atoms with Gasteiger partial charge < -0.3 is 9.80 Å². The summed E-state index contributed by atoms with van der Waals surface area (Å²) in [6.45, 7) is 1.92. The average Bonchev–Trinajstić information content (AvgIpc) is 2.40. The molecule has 0 saturated carbocycles. The van der Waals surface area contributed by atoms with Gasteiger partial charge in [-0.1, -0.05) is 0 Å². The topological polar surface area (TPSA) is 49.3 Å². The lowest BCUT2D eigenvalue weighted by atomic mass is 9.93. The number of hydrogen-bond acceptors (Lipinski definition) is 4. The highest BCUT2D eigenvalue weighted by molar-refractivity contribution is 5.75. The Morgan fingerprint density at radius 3 is 2.72 bits per heavy atom. The molecule has 0 atom stereocenters. The third kappa shape index (κ3) is 3.18. The van der Waals surface area contributed by atoms with Crippen LogP contribution >= 0.6 is 0 Å². The first-order valence-corrected chi connectivity index (χ1v) is 6.39. The molecule has 0 radical (unpaired) electrons. The summed E-state index contributed by atoms with van der Waals surface area (Å²) in [7, 11) is 3.63. The molecule has 0 aliphatic carbocycles. The van der Waals surface area contributed by atoms with Crippen molar-refractivity contribution in [3.63, 3.8) is 0 Å². The molecular weight excluding hydrogens is 228 g/mol. The van der Waals surface area contributed by atoms with Crippen LogP contribution in [0.15, 0.2) is 18.3 Å². The van der Waals surface area contributed by atoms with Gasteiger partial charge in [0.1, 0.15) is 0 Å². The Balaban J connectivity index is 1.83. The van der Waals surface area contributed by atoms with Crippen LogP contribution in [0.4, 0.5) is 5.82 Å². The quantitative estimate of drug-likeness (QED) is 0.805. The van der Waals surface area contributed by atoms with E-state index in [1.54, 1.807) is 11.1 Å². The molecule has 1 saturated heterocycles. The second kappa shape index (κ2) is 5.80. The van der Waals surface area contributed by atoms with Crippen molar-refractivity contribution in [1.29, 1.82) is 0 Å². The number of nitrogens with zero attached hydrogens (tertiary/aromatic N) is 4. The summed E-state index contributed by atoms with van der Waals surface area (Å²) < 4.78 is 0. The number of piperidine rings is 1. The van der Waals surface area contributed by atoms with Crippen LogP contribution in [0.5, 0.6) is 0 Å². The average molecular weight is 248 g/mol. The van der Waals surface area contributed by atoms with Gasteiger partial charge in [-0.15, -0.1) is 5.10 Å². The van der Waals surface area contributed by atoms with E-state index in [0.717, 1.165) is 31.7 Å². The fourth-order valence-corrected chi connectivity index (χ4v) is 2.26. The fourth-order valence-electron chi connectivity index (χ4n) is 2.26. The van der Waals surface area contributed by atoms with Crippen molar-refractivity contribution in [2.45, 2.75) is 19.3 Å². The molecule has 0 bridgehead atoms. The molecule has 2 rings (SSSR count). The van der Waals surface area contributed by atoms with E-state index in [4.69, 9.17) is 0 Å². The molecule has 1 aliphatic heterocycles. The minimum atomic E-state index is 0.230. The van der Waals surface area contributed by atoms with Crippen molar-refractivity contribution in [3.05, 3.63) is 18.3 Å². The van der Waals surface area contributed by atoms with Crippen LogP contribution in [-0.2, 0) is 4.79 Å². The molecule has 1 aromatic rings. The second-order valence-electron chi connectivity index (χ2n) is 5.00. The Hall–Kier alpha value is -1.65. The number of carbonyl (C=O) groups excluding carboxylic acids is 1. The van der Waals surface area contributed by atoms with E-state index in [2.05, 4.69) is 15.1 Å². The van der Waals surface area contributed by atoms with E-state index in [1.807, 2.05) is 26.2 Å². The predicted molar refractivity (Wildman–Crippen MR) is 70.3 cm³/mol. The summed E-state index contributed by atoms with van der Waals surface area (Å²) in [5.41, 5.74) is 0. The molecule has 98 valence electrons. The summed E-state index contributed by atoms with van der Waals surface area (Å²) in [4.78, 5) is 15.6. The Morgan fingerprint density at radius 1 is 1.44 bits per heavy atom. The van der Waals surface area contributed by atoms with Gasteiger partial charge in [0.2, 0.25) is 5.91 Å².